The number of carbonyl (C=O) groups excluding carboxylic acids is 5. The van der Waals surface area contributed by atoms with Crippen LogP contribution in [0.1, 0.15) is 53.3 Å². The summed E-state index contributed by atoms with van der Waals surface area (Å²) >= 11 is 0. The fourth-order valence-corrected chi connectivity index (χ4v) is 3.67. The van der Waals surface area contributed by atoms with Gasteiger partial charge in [0.1, 0.15) is 6.54 Å². The summed E-state index contributed by atoms with van der Waals surface area (Å²) in [6.07, 6.45) is 1.30. The second-order valence-electron chi connectivity index (χ2n) is 7.27. The number of nitrogens with zero attached hydrogens (tertiary/aromatic N) is 2. The van der Waals surface area contributed by atoms with Crippen LogP contribution in [0.4, 0.5) is 0 Å². The number of esters is 1. The first-order valence-electron chi connectivity index (χ1n) is 10.1. The van der Waals surface area contributed by atoms with Crippen LogP contribution < -0.4 is 5.32 Å². The molecule has 0 atom stereocenters. The molecular formula is C21H25N3O6. The number of hydrogen-bond acceptors (Lipinski definition) is 6. The number of rotatable bonds is 7. The number of imide groups is 1. The first-order valence-corrected chi connectivity index (χ1v) is 10.1. The molecule has 1 aromatic carbocycles. The van der Waals surface area contributed by atoms with Crippen LogP contribution in [0.15, 0.2) is 24.3 Å². The molecule has 0 unspecified atom stereocenters. The number of carbonyl (C=O) groups is 5. The van der Waals surface area contributed by atoms with E-state index in [0.717, 1.165) is 4.90 Å². The lowest BCUT2D eigenvalue weighted by atomic mass is 10.0. The molecule has 4 amide bonds. The summed E-state index contributed by atoms with van der Waals surface area (Å²) in [5.74, 6) is -1.84. The second kappa shape index (κ2) is 9.51. The third kappa shape index (κ3) is 4.84. The van der Waals surface area contributed by atoms with Gasteiger partial charge in [0.25, 0.3) is 11.8 Å². The van der Waals surface area contributed by atoms with E-state index in [-0.39, 0.29) is 37.3 Å². The normalized spacial score (nSPS) is 16.4. The first kappa shape index (κ1) is 21.5. The average Bonchev–Trinajstić information content (AvgIpc) is 2.98. The highest BCUT2D eigenvalue weighted by Gasteiger charge is 2.36. The summed E-state index contributed by atoms with van der Waals surface area (Å²) in [7, 11) is 0. The Morgan fingerprint density at radius 1 is 1.03 bits per heavy atom. The molecule has 0 spiro atoms. The van der Waals surface area contributed by atoms with Crippen LogP contribution in [0.25, 0.3) is 0 Å². The van der Waals surface area contributed by atoms with Gasteiger partial charge in [-0.2, -0.15) is 0 Å². The highest BCUT2D eigenvalue weighted by molar-refractivity contribution is 6.22. The Balaban J connectivity index is 1.43. The van der Waals surface area contributed by atoms with Crippen LogP contribution in [-0.2, 0) is 19.1 Å². The predicted molar refractivity (Wildman–Crippen MR) is 105 cm³/mol. The van der Waals surface area contributed by atoms with Crippen LogP contribution >= 0.6 is 0 Å². The summed E-state index contributed by atoms with van der Waals surface area (Å²) in [5, 5.41) is 2.84. The Bertz CT molecular complexity index is 825. The minimum atomic E-state index is -0.465. The Hall–Kier alpha value is -3.23. The quantitative estimate of drug-likeness (QED) is 0.519. The Morgan fingerprint density at radius 2 is 1.63 bits per heavy atom. The number of ether oxygens (including phenoxy) is 1. The monoisotopic (exact) mass is 415 g/mol. The van der Waals surface area contributed by atoms with Gasteiger partial charge >= 0.3 is 5.97 Å². The van der Waals surface area contributed by atoms with Crippen molar-refractivity contribution in [1.82, 2.24) is 15.1 Å². The van der Waals surface area contributed by atoms with Gasteiger partial charge in [-0.1, -0.05) is 12.1 Å². The largest absolute Gasteiger partial charge is 0.466 e. The van der Waals surface area contributed by atoms with Crippen molar-refractivity contribution in [1.29, 1.82) is 0 Å². The van der Waals surface area contributed by atoms with Gasteiger partial charge in [-0.05, 0) is 31.9 Å². The number of piperidine rings is 1. The summed E-state index contributed by atoms with van der Waals surface area (Å²) < 4.78 is 4.82. The van der Waals surface area contributed by atoms with Crippen molar-refractivity contribution in [3.63, 3.8) is 0 Å². The van der Waals surface area contributed by atoms with Crippen LogP contribution in [0, 0.1) is 0 Å². The van der Waals surface area contributed by atoms with Crippen molar-refractivity contribution in [2.45, 2.75) is 38.6 Å². The maximum atomic E-state index is 12.4. The van der Waals surface area contributed by atoms with Crippen molar-refractivity contribution in [2.24, 2.45) is 0 Å². The van der Waals surface area contributed by atoms with E-state index in [4.69, 9.17) is 4.74 Å². The maximum absolute atomic E-state index is 12.4. The SMILES string of the molecule is CCOC(=O)CCC(=O)N1CCC(NC(=O)CN2C(=O)c3ccccc3C2=O)CC1. The molecule has 2 aliphatic rings. The van der Waals surface area contributed by atoms with Gasteiger partial charge < -0.3 is 15.0 Å². The summed E-state index contributed by atoms with van der Waals surface area (Å²) in [4.78, 5) is 63.3. The van der Waals surface area contributed by atoms with E-state index in [1.807, 2.05) is 0 Å². The number of benzene rings is 1. The summed E-state index contributed by atoms with van der Waals surface area (Å²) in [5.41, 5.74) is 0.620. The average molecular weight is 415 g/mol. The van der Waals surface area contributed by atoms with Crippen molar-refractivity contribution in [3.8, 4) is 0 Å². The van der Waals surface area contributed by atoms with E-state index in [9.17, 15) is 24.0 Å². The lowest BCUT2D eigenvalue weighted by Gasteiger charge is -2.32. The van der Waals surface area contributed by atoms with Crippen molar-refractivity contribution >= 4 is 29.6 Å². The molecule has 3 rings (SSSR count). The van der Waals surface area contributed by atoms with E-state index in [0.29, 0.717) is 43.7 Å². The zero-order chi connectivity index (χ0) is 21.7. The Kier molecular flexibility index (Phi) is 6.81. The van der Waals surface area contributed by atoms with Crippen LogP contribution in [-0.4, -0.2) is 71.7 Å². The maximum Gasteiger partial charge on any atom is 0.306 e. The molecule has 9 nitrogen and oxygen atoms in total. The van der Waals surface area contributed by atoms with Crippen LogP contribution in [0.5, 0.6) is 0 Å². The molecule has 2 aliphatic heterocycles. The molecule has 1 fully saturated rings. The van der Waals surface area contributed by atoms with Gasteiger partial charge in [-0.15, -0.1) is 0 Å². The molecule has 1 N–H and O–H groups in total. The number of hydrogen-bond donors (Lipinski definition) is 1. The predicted octanol–water partition coefficient (Wildman–Crippen LogP) is 0.733. The molecule has 0 bridgehead atoms. The third-order valence-corrected chi connectivity index (χ3v) is 5.24. The third-order valence-electron chi connectivity index (χ3n) is 5.24. The van der Waals surface area contributed by atoms with E-state index < -0.39 is 17.7 Å². The van der Waals surface area contributed by atoms with Crippen molar-refractivity contribution < 1.29 is 28.7 Å². The Labute approximate surface area is 174 Å². The molecule has 1 saturated heterocycles. The van der Waals surface area contributed by atoms with Gasteiger partial charge in [-0.3, -0.25) is 28.9 Å². The van der Waals surface area contributed by atoms with Crippen molar-refractivity contribution in [2.75, 3.05) is 26.2 Å². The number of amides is 4. The number of likely N-dealkylation sites (tertiary alicyclic amines) is 1. The molecule has 2 heterocycles. The van der Waals surface area contributed by atoms with Gasteiger partial charge in [0.15, 0.2) is 0 Å². The van der Waals surface area contributed by atoms with Crippen molar-refractivity contribution in [3.05, 3.63) is 35.4 Å². The van der Waals surface area contributed by atoms with E-state index >= 15 is 0 Å². The molecule has 0 aliphatic carbocycles. The molecule has 30 heavy (non-hydrogen) atoms. The molecule has 0 saturated carbocycles. The highest BCUT2D eigenvalue weighted by Crippen LogP contribution is 2.22. The molecule has 0 aromatic heterocycles. The zero-order valence-corrected chi connectivity index (χ0v) is 16.9. The molecule has 9 heteroatoms. The van der Waals surface area contributed by atoms with Crippen LogP contribution in [0.2, 0.25) is 0 Å². The lowest BCUT2D eigenvalue weighted by Crippen LogP contribution is -2.49. The summed E-state index contributed by atoms with van der Waals surface area (Å²) in [6, 6.07) is 6.36. The lowest BCUT2D eigenvalue weighted by molar-refractivity contribution is -0.146. The highest BCUT2D eigenvalue weighted by atomic mass is 16.5. The Morgan fingerprint density at radius 3 is 2.20 bits per heavy atom. The number of fused-ring (bicyclic) bond motifs is 1. The minimum absolute atomic E-state index is 0.0591. The molecular weight excluding hydrogens is 390 g/mol. The van der Waals surface area contributed by atoms with E-state index in [1.165, 1.54) is 0 Å². The van der Waals surface area contributed by atoms with E-state index in [2.05, 4.69) is 5.32 Å². The van der Waals surface area contributed by atoms with Crippen LogP contribution in [0.3, 0.4) is 0 Å². The molecule has 1 aromatic rings. The first-order chi connectivity index (χ1) is 14.4. The molecule has 0 radical (unpaired) electrons. The molecule has 160 valence electrons. The number of nitrogens with one attached hydrogen (secondary N) is 1. The van der Waals surface area contributed by atoms with Gasteiger partial charge in [0.05, 0.1) is 24.2 Å². The second-order valence-corrected chi connectivity index (χ2v) is 7.27. The topological polar surface area (TPSA) is 113 Å². The van der Waals surface area contributed by atoms with Gasteiger partial charge in [-0.25, -0.2) is 0 Å². The fourth-order valence-electron chi connectivity index (χ4n) is 3.67. The smallest absolute Gasteiger partial charge is 0.306 e. The van der Waals surface area contributed by atoms with Gasteiger partial charge in [0.2, 0.25) is 11.8 Å². The fraction of sp³-hybridized carbons (Fsp3) is 0.476. The van der Waals surface area contributed by atoms with E-state index in [1.54, 1.807) is 36.1 Å². The summed E-state index contributed by atoms with van der Waals surface area (Å²) in [6.45, 7) is 2.62. The standard InChI is InChI=1S/C21H25N3O6/c1-2-30-19(27)8-7-18(26)23-11-9-14(10-12-23)22-17(25)13-24-20(28)15-5-3-4-6-16(15)21(24)29/h3-6,14H,2,7-13H2,1H3,(H,22,25). The van der Waals surface area contributed by atoms with Gasteiger partial charge in [0, 0.05) is 25.6 Å². The minimum Gasteiger partial charge on any atom is -0.466 e. The zero-order valence-electron chi connectivity index (χ0n) is 16.9.